The van der Waals surface area contributed by atoms with Crippen LogP contribution in [0.2, 0.25) is 0 Å². The van der Waals surface area contributed by atoms with Crippen molar-refractivity contribution in [3.05, 3.63) is 40.4 Å². The number of amides is 2. The number of thiazole rings is 1. The molecule has 0 bridgehead atoms. The van der Waals surface area contributed by atoms with E-state index in [1.54, 1.807) is 12.1 Å². The summed E-state index contributed by atoms with van der Waals surface area (Å²) in [6.45, 7) is 8.10. The van der Waals surface area contributed by atoms with E-state index in [0.29, 0.717) is 29.0 Å². The molecule has 1 saturated heterocycles. The number of nitrogens with two attached hydrogens (primary N) is 3. The normalized spacial score (nSPS) is 24.9. The SMILES string of the molecule is CC(C)(N)C1CCC(N=C(N)c2ccc3c(c2)CC[C@H]([C@](C)(O/N=C(\C(=O)NC2C(=O)N(OS(=O)(=O)O)C2(C)C)c2csc(N)n2)C(=O)O)O3)CC1. The van der Waals surface area contributed by atoms with Gasteiger partial charge in [-0.15, -0.1) is 15.6 Å². The lowest BCUT2D eigenvalue weighted by molar-refractivity contribution is -0.218. The third-order valence-corrected chi connectivity index (χ3v) is 10.8. The van der Waals surface area contributed by atoms with Gasteiger partial charge in [0.2, 0.25) is 0 Å². The summed E-state index contributed by atoms with van der Waals surface area (Å²) in [7, 11) is -5.03. The quantitative estimate of drug-likeness (QED) is 0.0588. The molecule has 18 nitrogen and oxygen atoms in total. The number of β-lactam (4-membered cyclic amide) rings is 1. The fourth-order valence-electron chi connectivity index (χ4n) is 6.55. The molecule has 52 heavy (non-hydrogen) atoms. The number of hydrogen-bond acceptors (Lipinski definition) is 14. The topological polar surface area (TPSA) is 284 Å². The highest BCUT2D eigenvalue weighted by Gasteiger charge is 2.58. The number of anilines is 1. The lowest BCUT2D eigenvalue weighted by atomic mass is 9.76. The van der Waals surface area contributed by atoms with Gasteiger partial charge in [-0.2, -0.15) is 13.5 Å². The van der Waals surface area contributed by atoms with Crippen molar-refractivity contribution in [2.45, 2.75) is 108 Å². The summed E-state index contributed by atoms with van der Waals surface area (Å²) in [6, 6.07) is 4.09. The van der Waals surface area contributed by atoms with Gasteiger partial charge < -0.3 is 37.2 Å². The standard InChI is InChI=1S/C32H44N8O10S2/c1-30(2,35)18-8-10-19(11-9-18)36-25(33)17-6-12-21-16(14-17)7-13-22(48-21)32(5,28(43)44)49-39-23(20-15-51-29(34)37-20)26(41)38-24-27(42)40(31(24,3)4)50-52(45,46)47/h6,12,14-15,18-19,22,24H,7-11,13,35H2,1-5H3,(H2,33,36)(H2,34,37)(H,38,41)(H,43,44)(H,45,46,47)/b39-23-/t18?,19?,22-,24?,32+/m1/s1. The number of benzene rings is 1. The minimum absolute atomic E-state index is 0.0598. The Morgan fingerprint density at radius 2 is 1.85 bits per heavy atom. The van der Waals surface area contributed by atoms with Crippen LogP contribution >= 0.6 is 11.3 Å². The van der Waals surface area contributed by atoms with Gasteiger partial charge >= 0.3 is 16.4 Å². The Balaban J connectivity index is 1.31. The van der Waals surface area contributed by atoms with Crippen LogP contribution < -0.4 is 27.3 Å². The molecular formula is C32H44N8O10S2. The number of carboxylic acids is 1. The maximum atomic E-state index is 13.5. The van der Waals surface area contributed by atoms with Crippen LogP contribution in [0.1, 0.15) is 83.5 Å². The summed E-state index contributed by atoms with van der Waals surface area (Å²) in [5, 5.41) is 18.5. The lowest BCUT2D eigenvalue weighted by Gasteiger charge is -2.50. The molecule has 0 spiro atoms. The van der Waals surface area contributed by atoms with Gasteiger partial charge in [0.05, 0.1) is 11.6 Å². The summed E-state index contributed by atoms with van der Waals surface area (Å²) < 4.78 is 41.9. The lowest BCUT2D eigenvalue weighted by Crippen LogP contribution is -2.76. The number of aryl methyl sites for hydroxylation is 1. The fourth-order valence-corrected chi connectivity index (χ4v) is 7.55. The molecule has 0 radical (unpaired) electrons. The minimum Gasteiger partial charge on any atom is -0.485 e. The molecule has 2 aliphatic heterocycles. The fraction of sp³-hybridized carbons (Fsp3) is 0.562. The molecule has 9 N–H and O–H groups in total. The molecule has 2 amide bonds. The summed E-state index contributed by atoms with van der Waals surface area (Å²) in [5.74, 6) is -2.18. The average molecular weight is 765 g/mol. The summed E-state index contributed by atoms with van der Waals surface area (Å²) in [5.41, 5.74) is 15.6. The molecule has 1 aromatic heterocycles. The largest absolute Gasteiger partial charge is 0.485 e. The van der Waals surface area contributed by atoms with Gasteiger partial charge in [0.15, 0.2) is 16.9 Å². The molecule has 1 aromatic carbocycles. The molecule has 3 atom stereocenters. The number of hydrogen-bond donors (Lipinski definition) is 6. The maximum Gasteiger partial charge on any atom is 0.418 e. The van der Waals surface area contributed by atoms with E-state index in [1.165, 1.54) is 26.2 Å². The molecule has 3 aliphatic rings. The van der Waals surface area contributed by atoms with E-state index in [1.807, 2.05) is 6.07 Å². The van der Waals surface area contributed by atoms with Crippen molar-refractivity contribution >= 4 is 56.2 Å². The van der Waals surface area contributed by atoms with Crippen molar-refractivity contribution in [3.8, 4) is 5.75 Å². The van der Waals surface area contributed by atoms with Crippen LogP contribution in [-0.2, 0) is 40.3 Å². The van der Waals surface area contributed by atoms with Crippen molar-refractivity contribution in [1.29, 1.82) is 0 Å². The summed E-state index contributed by atoms with van der Waals surface area (Å²) in [4.78, 5) is 53.3. The van der Waals surface area contributed by atoms with E-state index < -0.39 is 57.2 Å². The number of oxime groups is 1. The van der Waals surface area contributed by atoms with Crippen molar-refractivity contribution in [1.82, 2.24) is 15.4 Å². The molecule has 284 valence electrons. The second kappa shape index (κ2) is 14.2. The Morgan fingerprint density at radius 1 is 1.17 bits per heavy atom. The van der Waals surface area contributed by atoms with Crippen LogP contribution in [0.5, 0.6) is 5.75 Å². The predicted molar refractivity (Wildman–Crippen MR) is 190 cm³/mol. The van der Waals surface area contributed by atoms with Gasteiger partial charge in [0.1, 0.15) is 23.3 Å². The number of aliphatic carboxylic acids is 1. The third kappa shape index (κ3) is 8.15. The summed E-state index contributed by atoms with van der Waals surface area (Å²) in [6.07, 6.45) is 3.30. The Labute approximate surface area is 304 Å². The third-order valence-electron chi connectivity index (χ3n) is 9.84. The van der Waals surface area contributed by atoms with Gasteiger partial charge in [-0.05, 0) is 103 Å². The van der Waals surface area contributed by atoms with Crippen molar-refractivity contribution in [3.63, 3.8) is 0 Å². The molecule has 3 heterocycles. The zero-order chi connectivity index (χ0) is 38.4. The first-order valence-electron chi connectivity index (χ1n) is 16.5. The van der Waals surface area contributed by atoms with Crippen molar-refractivity contribution in [2.24, 2.45) is 27.5 Å². The Kier molecular flexibility index (Phi) is 10.6. The first-order valence-corrected chi connectivity index (χ1v) is 18.8. The van der Waals surface area contributed by atoms with Crippen LogP contribution in [0.4, 0.5) is 5.13 Å². The number of aromatic nitrogens is 1. The van der Waals surface area contributed by atoms with E-state index in [0.717, 1.165) is 48.1 Å². The van der Waals surface area contributed by atoms with Gasteiger partial charge in [-0.25, -0.2) is 9.78 Å². The zero-order valence-corrected chi connectivity index (χ0v) is 31.0. The Bertz CT molecular complexity index is 1900. The highest BCUT2D eigenvalue weighted by molar-refractivity contribution is 7.80. The van der Waals surface area contributed by atoms with Gasteiger partial charge in [-0.3, -0.25) is 19.1 Å². The number of aliphatic imine (C=N–C) groups is 1. The van der Waals surface area contributed by atoms with Crippen LogP contribution in [0.15, 0.2) is 33.7 Å². The van der Waals surface area contributed by atoms with E-state index in [4.69, 9.17) is 36.3 Å². The number of nitrogens with one attached hydrogen (secondary N) is 1. The number of nitrogens with zero attached hydrogens (tertiary/aromatic N) is 4. The number of carbonyl (C=O) groups is 3. The molecule has 1 saturated carbocycles. The van der Waals surface area contributed by atoms with Gasteiger partial charge in [-0.1, -0.05) is 5.16 Å². The molecule has 5 rings (SSSR count). The first kappa shape index (κ1) is 38.9. The predicted octanol–water partition coefficient (Wildman–Crippen LogP) is 1.52. The number of rotatable bonds is 12. The second-order valence-electron chi connectivity index (χ2n) is 14.5. The van der Waals surface area contributed by atoms with Crippen LogP contribution in [0.3, 0.4) is 0 Å². The molecule has 2 fully saturated rings. The number of carboxylic acid groups (broad SMARTS) is 1. The van der Waals surface area contributed by atoms with Crippen LogP contribution in [-0.4, -0.2) is 92.3 Å². The molecule has 1 unspecified atom stereocenters. The number of carbonyl (C=O) groups excluding carboxylic acids is 2. The van der Waals surface area contributed by atoms with Crippen molar-refractivity contribution < 1.29 is 46.3 Å². The highest BCUT2D eigenvalue weighted by Crippen LogP contribution is 2.36. The number of nitrogen functional groups attached to an aromatic ring is 1. The Morgan fingerprint density at radius 3 is 2.40 bits per heavy atom. The minimum atomic E-state index is -5.03. The number of fused-ring (bicyclic) bond motifs is 1. The van der Waals surface area contributed by atoms with E-state index >= 15 is 0 Å². The number of ether oxygens (including phenoxy) is 1. The van der Waals surface area contributed by atoms with Gasteiger partial charge in [0, 0.05) is 16.5 Å². The van der Waals surface area contributed by atoms with Gasteiger partial charge in [0.25, 0.3) is 17.4 Å². The summed E-state index contributed by atoms with van der Waals surface area (Å²) >= 11 is 0.967. The smallest absolute Gasteiger partial charge is 0.418 e. The van der Waals surface area contributed by atoms with Crippen LogP contribution in [0.25, 0.3) is 0 Å². The van der Waals surface area contributed by atoms with Crippen LogP contribution in [0, 0.1) is 5.92 Å². The first-order chi connectivity index (χ1) is 24.1. The monoisotopic (exact) mass is 764 g/mol. The molecule has 20 heteroatoms. The maximum absolute atomic E-state index is 13.5. The zero-order valence-electron chi connectivity index (χ0n) is 29.4. The average Bonchev–Trinajstić information content (AvgIpc) is 3.50. The second-order valence-corrected chi connectivity index (χ2v) is 16.4. The van der Waals surface area contributed by atoms with E-state index in [9.17, 15) is 27.9 Å². The van der Waals surface area contributed by atoms with E-state index in [-0.39, 0.29) is 28.8 Å². The molecule has 1 aliphatic carbocycles. The number of hydroxylamine groups is 2. The highest BCUT2D eigenvalue weighted by atomic mass is 32.3. The van der Waals surface area contributed by atoms with Crippen molar-refractivity contribution in [2.75, 3.05) is 5.73 Å². The number of amidine groups is 1. The Hall–Kier alpha value is -4.37. The molecule has 2 aromatic rings. The van der Waals surface area contributed by atoms with E-state index in [2.05, 4.69) is 33.6 Å². The molecular weight excluding hydrogens is 721 g/mol.